The lowest BCUT2D eigenvalue weighted by Gasteiger charge is -2.07. The summed E-state index contributed by atoms with van der Waals surface area (Å²) < 4.78 is 27.8. The fourth-order valence-corrected chi connectivity index (χ4v) is 3.02. The Morgan fingerprint density at radius 2 is 1.90 bits per heavy atom. The van der Waals surface area contributed by atoms with Crippen LogP contribution in [0.3, 0.4) is 0 Å². The highest BCUT2D eigenvalue weighted by Gasteiger charge is 2.17. The number of hydrogen-bond acceptors (Lipinski definition) is 3. The molecule has 0 aliphatic rings. The van der Waals surface area contributed by atoms with Crippen molar-refractivity contribution in [2.24, 2.45) is 5.73 Å². The van der Waals surface area contributed by atoms with E-state index in [4.69, 9.17) is 5.73 Å². The second-order valence-corrected chi connectivity index (χ2v) is 6.57. The van der Waals surface area contributed by atoms with Crippen LogP contribution in [0.2, 0.25) is 0 Å². The van der Waals surface area contributed by atoms with E-state index in [2.05, 4.69) is 21.2 Å². The van der Waals surface area contributed by atoms with Gasteiger partial charge in [-0.3, -0.25) is 9.59 Å². The Kier molecular flexibility index (Phi) is 4.38. The van der Waals surface area contributed by atoms with Gasteiger partial charge in [-0.15, -0.1) is 11.3 Å². The van der Waals surface area contributed by atoms with E-state index in [1.165, 1.54) is 11.3 Å². The maximum absolute atomic E-state index is 13.6. The molecule has 110 valence electrons. The van der Waals surface area contributed by atoms with Crippen LogP contribution in [0, 0.1) is 18.6 Å². The first-order valence-corrected chi connectivity index (χ1v) is 7.26. The Morgan fingerprint density at radius 1 is 1.24 bits per heavy atom. The monoisotopic (exact) mass is 374 g/mol. The van der Waals surface area contributed by atoms with Crippen LogP contribution in [0.1, 0.15) is 25.6 Å². The van der Waals surface area contributed by atoms with Crippen LogP contribution < -0.4 is 11.1 Å². The third-order valence-electron chi connectivity index (χ3n) is 2.65. The van der Waals surface area contributed by atoms with Gasteiger partial charge in [0, 0.05) is 6.07 Å². The SMILES string of the molecule is Cc1cc(C(=O)Nc2cc(C(N)=O)c(F)cc2F)sc1Br. The Labute approximate surface area is 131 Å². The summed E-state index contributed by atoms with van der Waals surface area (Å²) >= 11 is 4.46. The average Bonchev–Trinajstić information content (AvgIpc) is 2.72. The van der Waals surface area contributed by atoms with Gasteiger partial charge in [0.2, 0.25) is 0 Å². The molecule has 0 atom stereocenters. The lowest BCUT2D eigenvalue weighted by Crippen LogP contribution is -2.16. The first-order chi connectivity index (χ1) is 9.79. The van der Waals surface area contributed by atoms with E-state index in [1.54, 1.807) is 13.0 Å². The number of hydrogen-bond donors (Lipinski definition) is 2. The molecule has 1 heterocycles. The van der Waals surface area contributed by atoms with E-state index in [0.29, 0.717) is 10.9 Å². The number of carbonyl (C=O) groups excluding carboxylic acids is 2. The van der Waals surface area contributed by atoms with Crippen molar-refractivity contribution in [2.75, 3.05) is 5.32 Å². The van der Waals surface area contributed by atoms with Crippen LogP contribution in [0.4, 0.5) is 14.5 Å². The molecule has 2 aromatic rings. The Hall–Kier alpha value is -1.80. The third-order valence-corrected chi connectivity index (χ3v) is 4.79. The van der Waals surface area contributed by atoms with Crippen molar-refractivity contribution >= 4 is 44.8 Å². The summed E-state index contributed by atoms with van der Waals surface area (Å²) in [5, 5.41) is 2.29. The topological polar surface area (TPSA) is 72.2 Å². The zero-order valence-corrected chi connectivity index (χ0v) is 13.1. The normalized spacial score (nSPS) is 10.5. The van der Waals surface area contributed by atoms with Crippen molar-refractivity contribution in [3.8, 4) is 0 Å². The number of nitrogens with two attached hydrogens (primary N) is 1. The average molecular weight is 375 g/mol. The molecular formula is C13H9BrF2N2O2S. The molecule has 0 fully saturated rings. The van der Waals surface area contributed by atoms with Crippen LogP contribution in [0.15, 0.2) is 22.0 Å². The minimum absolute atomic E-state index is 0.308. The highest BCUT2D eigenvalue weighted by Crippen LogP contribution is 2.28. The van der Waals surface area contributed by atoms with Gasteiger partial charge >= 0.3 is 0 Å². The van der Waals surface area contributed by atoms with Crippen molar-refractivity contribution in [1.82, 2.24) is 0 Å². The number of thiophene rings is 1. The molecule has 1 aromatic carbocycles. The number of primary amides is 1. The predicted molar refractivity (Wildman–Crippen MR) is 79.6 cm³/mol. The summed E-state index contributed by atoms with van der Waals surface area (Å²) in [7, 11) is 0. The van der Waals surface area contributed by atoms with E-state index in [0.717, 1.165) is 15.4 Å². The van der Waals surface area contributed by atoms with Gasteiger partial charge in [-0.2, -0.15) is 0 Å². The number of nitrogens with one attached hydrogen (secondary N) is 1. The lowest BCUT2D eigenvalue weighted by atomic mass is 10.1. The number of benzene rings is 1. The molecule has 3 N–H and O–H groups in total. The summed E-state index contributed by atoms with van der Waals surface area (Å²) in [6, 6.07) is 3.01. The molecule has 0 bridgehead atoms. The smallest absolute Gasteiger partial charge is 0.265 e. The van der Waals surface area contributed by atoms with Crippen molar-refractivity contribution in [2.45, 2.75) is 6.92 Å². The van der Waals surface area contributed by atoms with E-state index < -0.39 is 29.0 Å². The van der Waals surface area contributed by atoms with E-state index in [1.807, 2.05) is 0 Å². The maximum atomic E-state index is 13.6. The van der Waals surface area contributed by atoms with Crippen LogP contribution in [0.25, 0.3) is 0 Å². The molecule has 0 saturated heterocycles. The van der Waals surface area contributed by atoms with Gasteiger partial charge in [0.25, 0.3) is 11.8 Å². The lowest BCUT2D eigenvalue weighted by molar-refractivity contribution is 0.0992. The molecule has 0 unspecified atom stereocenters. The second-order valence-electron chi connectivity index (χ2n) is 4.20. The molecule has 2 amide bonds. The number of amides is 2. The zero-order chi connectivity index (χ0) is 15.7. The van der Waals surface area contributed by atoms with Gasteiger partial charge in [0.1, 0.15) is 11.6 Å². The van der Waals surface area contributed by atoms with Crippen LogP contribution in [-0.2, 0) is 0 Å². The quantitative estimate of drug-likeness (QED) is 0.863. The minimum atomic E-state index is -1.08. The van der Waals surface area contributed by atoms with E-state index in [-0.39, 0.29) is 5.69 Å². The molecule has 2 rings (SSSR count). The molecular weight excluding hydrogens is 366 g/mol. The maximum Gasteiger partial charge on any atom is 0.265 e. The van der Waals surface area contributed by atoms with Crippen LogP contribution in [-0.4, -0.2) is 11.8 Å². The molecule has 8 heteroatoms. The van der Waals surface area contributed by atoms with Crippen LogP contribution >= 0.6 is 27.3 Å². The van der Waals surface area contributed by atoms with Crippen molar-refractivity contribution < 1.29 is 18.4 Å². The highest BCUT2D eigenvalue weighted by molar-refractivity contribution is 9.11. The molecule has 0 aliphatic heterocycles. The Bertz CT molecular complexity index is 727. The number of anilines is 1. The van der Waals surface area contributed by atoms with Crippen molar-refractivity contribution in [3.05, 3.63) is 49.6 Å². The van der Waals surface area contributed by atoms with E-state index in [9.17, 15) is 18.4 Å². The van der Waals surface area contributed by atoms with E-state index >= 15 is 0 Å². The standard InChI is InChI=1S/C13H9BrF2N2O2S/c1-5-2-10(21-11(5)14)13(20)18-9-3-6(12(17)19)7(15)4-8(9)16/h2-4H,1H3,(H2,17,19)(H,18,20). The summed E-state index contributed by atoms with van der Waals surface area (Å²) in [6.07, 6.45) is 0. The fourth-order valence-electron chi connectivity index (χ4n) is 1.59. The number of aryl methyl sites for hydroxylation is 1. The summed E-state index contributed by atoms with van der Waals surface area (Å²) in [6.45, 7) is 1.81. The van der Waals surface area contributed by atoms with Crippen LogP contribution in [0.5, 0.6) is 0 Å². The summed E-state index contributed by atoms with van der Waals surface area (Å²) in [5.74, 6) is -3.67. The molecule has 0 spiro atoms. The number of halogens is 3. The Balaban J connectivity index is 2.33. The zero-order valence-electron chi connectivity index (χ0n) is 10.7. The fraction of sp³-hybridized carbons (Fsp3) is 0.0769. The van der Waals surface area contributed by atoms with Gasteiger partial charge in [-0.25, -0.2) is 8.78 Å². The second kappa shape index (κ2) is 5.90. The third kappa shape index (κ3) is 3.27. The predicted octanol–water partition coefficient (Wildman–Crippen LogP) is 3.45. The van der Waals surface area contributed by atoms with Gasteiger partial charge in [0.15, 0.2) is 0 Å². The number of rotatable bonds is 3. The molecule has 21 heavy (non-hydrogen) atoms. The summed E-state index contributed by atoms with van der Waals surface area (Å²) in [4.78, 5) is 23.4. The van der Waals surface area contributed by atoms with Gasteiger partial charge in [0.05, 0.1) is 19.9 Å². The molecule has 0 radical (unpaired) electrons. The molecule has 0 aliphatic carbocycles. The molecule has 0 saturated carbocycles. The van der Waals surface area contributed by atoms with Crippen molar-refractivity contribution in [1.29, 1.82) is 0 Å². The summed E-state index contributed by atoms with van der Waals surface area (Å²) in [5.41, 5.74) is 5.05. The van der Waals surface area contributed by atoms with Gasteiger partial charge in [-0.05, 0) is 40.5 Å². The Morgan fingerprint density at radius 3 is 2.43 bits per heavy atom. The largest absolute Gasteiger partial charge is 0.366 e. The van der Waals surface area contributed by atoms with Crippen molar-refractivity contribution in [3.63, 3.8) is 0 Å². The number of carbonyl (C=O) groups is 2. The minimum Gasteiger partial charge on any atom is -0.366 e. The highest BCUT2D eigenvalue weighted by atomic mass is 79.9. The molecule has 1 aromatic heterocycles. The first-order valence-electron chi connectivity index (χ1n) is 5.65. The molecule has 4 nitrogen and oxygen atoms in total. The van der Waals surface area contributed by atoms with Gasteiger partial charge < -0.3 is 11.1 Å². The first kappa shape index (κ1) is 15.6. The van der Waals surface area contributed by atoms with Gasteiger partial charge in [-0.1, -0.05) is 0 Å².